The topological polar surface area (TPSA) is 57.6 Å². The molecular weight excluding hydrogens is 261 g/mol. The number of aliphatic carboxylic acids is 1. The van der Waals surface area contributed by atoms with Crippen molar-refractivity contribution in [2.75, 3.05) is 13.6 Å². The summed E-state index contributed by atoms with van der Waals surface area (Å²) in [6.45, 7) is 1.51. The molecule has 1 amide bonds. The molecule has 4 nitrogen and oxygen atoms in total. The summed E-state index contributed by atoms with van der Waals surface area (Å²) in [5.74, 6) is -2.89. The Bertz CT molecular complexity index is 478. The number of rotatable bonds is 4. The SMILES string of the molecule is CC(CN(C)C(=O)c1cccc(F)c1Cl)C(=O)O. The Kier molecular flexibility index (Phi) is 4.67. The average Bonchev–Trinajstić information content (AvgIpc) is 2.31. The minimum atomic E-state index is -1.00. The minimum Gasteiger partial charge on any atom is -0.481 e. The van der Waals surface area contributed by atoms with E-state index in [2.05, 4.69) is 0 Å². The third kappa shape index (κ3) is 3.20. The molecule has 0 heterocycles. The lowest BCUT2D eigenvalue weighted by atomic mass is 10.1. The van der Waals surface area contributed by atoms with Crippen LogP contribution in [-0.2, 0) is 4.79 Å². The molecule has 0 aliphatic rings. The first-order valence-electron chi connectivity index (χ1n) is 5.27. The summed E-state index contributed by atoms with van der Waals surface area (Å²) in [6.07, 6.45) is 0. The molecule has 1 unspecified atom stereocenters. The summed E-state index contributed by atoms with van der Waals surface area (Å²) in [7, 11) is 1.45. The Balaban J connectivity index is 2.87. The molecule has 1 rings (SSSR count). The van der Waals surface area contributed by atoms with E-state index in [4.69, 9.17) is 16.7 Å². The van der Waals surface area contributed by atoms with Gasteiger partial charge in [-0.2, -0.15) is 0 Å². The van der Waals surface area contributed by atoms with E-state index in [0.29, 0.717) is 0 Å². The number of carboxylic acid groups (broad SMARTS) is 1. The van der Waals surface area contributed by atoms with Crippen molar-refractivity contribution in [3.63, 3.8) is 0 Å². The molecule has 0 saturated carbocycles. The van der Waals surface area contributed by atoms with Crippen LogP contribution >= 0.6 is 11.6 Å². The van der Waals surface area contributed by atoms with Crippen molar-refractivity contribution < 1.29 is 19.1 Å². The molecule has 0 fully saturated rings. The highest BCUT2D eigenvalue weighted by molar-refractivity contribution is 6.34. The zero-order valence-corrected chi connectivity index (χ0v) is 10.7. The lowest BCUT2D eigenvalue weighted by Gasteiger charge is -2.20. The fourth-order valence-electron chi connectivity index (χ4n) is 1.45. The number of benzene rings is 1. The molecule has 0 aliphatic heterocycles. The van der Waals surface area contributed by atoms with Crippen LogP contribution in [0.5, 0.6) is 0 Å². The molecule has 0 saturated heterocycles. The highest BCUT2D eigenvalue weighted by Crippen LogP contribution is 2.21. The van der Waals surface area contributed by atoms with E-state index in [-0.39, 0.29) is 17.1 Å². The lowest BCUT2D eigenvalue weighted by Crippen LogP contribution is -2.33. The first-order chi connectivity index (χ1) is 8.34. The Hall–Kier alpha value is -1.62. The van der Waals surface area contributed by atoms with Crippen LogP contribution < -0.4 is 0 Å². The average molecular weight is 274 g/mol. The third-order valence-electron chi connectivity index (χ3n) is 2.50. The normalized spacial score (nSPS) is 12.0. The van der Waals surface area contributed by atoms with Crippen molar-refractivity contribution in [1.82, 2.24) is 4.90 Å². The molecular formula is C12H13ClFNO3. The second-order valence-electron chi connectivity index (χ2n) is 4.03. The van der Waals surface area contributed by atoms with E-state index in [1.165, 1.54) is 31.0 Å². The molecule has 0 spiro atoms. The van der Waals surface area contributed by atoms with Gasteiger partial charge in [0.25, 0.3) is 5.91 Å². The van der Waals surface area contributed by atoms with Crippen molar-refractivity contribution >= 4 is 23.5 Å². The number of carbonyl (C=O) groups excluding carboxylic acids is 1. The van der Waals surface area contributed by atoms with Crippen molar-refractivity contribution in [1.29, 1.82) is 0 Å². The third-order valence-corrected chi connectivity index (χ3v) is 2.88. The van der Waals surface area contributed by atoms with Gasteiger partial charge in [0.1, 0.15) is 5.82 Å². The largest absolute Gasteiger partial charge is 0.481 e. The van der Waals surface area contributed by atoms with Gasteiger partial charge in [0, 0.05) is 13.6 Å². The molecule has 18 heavy (non-hydrogen) atoms. The van der Waals surface area contributed by atoms with Crippen LogP contribution in [0.2, 0.25) is 5.02 Å². The summed E-state index contributed by atoms with van der Waals surface area (Å²) >= 11 is 5.69. The molecule has 0 aliphatic carbocycles. The number of nitrogens with zero attached hydrogens (tertiary/aromatic N) is 1. The second-order valence-corrected chi connectivity index (χ2v) is 4.40. The predicted molar refractivity (Wildman–Crippen MR) is 65.2 cm³/mol. The number of amides is 1. The monoisotopic (exact) mass is 273 g/mol. The van der Waals surface area contributed by atoms with Gasteiger partial charge in [-0.05, 0) is 12.1 Å². The highest BCUT2D eigenvalue weighted by atomic mass is 35.5. The highest BCUT2D eigenvalue weighted by Gasteiger charge is 2.21. The Labute approximate surface area is 109 Å². The zero-order valence-electron chi connectivity index (χ0n) is 9.98. The quantitative estimate of drug-likeness (QED) is 0.915. The summed E-state index contributed by atoms with van der Waals surface area (Å²) in [6, 6.07) is 3.93. The summed E-state index contributed by atoms with van der Waals surface area (Å²) in [5.41, 5.74) is 0.0248. The Morgan fingerprint density at radius 3 is 2.67 bits per heavy atom. The van der Waals surface area contributed by atoms with Gasteiger partial charge < -0.3 is 10.0 Å². The smallest absolute Gasteiger partial charge is 0.308 e. The number of hydrogen-bond donors (Lipinski definition) is 1. The first kappa shape index (κ1) is 14.4. The summed E-state index contributed by atoms with van der Waals surface area (Å²) in [4.78, 5) is 23.9. The van der Waals surface area contributed by atoms with Crippen molar-refractivity contribution in [3.8, 4) is 0 Å². The van der Waals surface area contributed by atoms with Crippen LogP contribution in [0.15, 0.2) is 18.2 Å². The molecule has 0 aromatic heterocycles. The summed E-state index contributed by atoms with van der Waals surface area (Å²) < 4.78 is 13.2. The van der Waals surface area contributed by atoms with Gasteiger partial charge in [-0.3, -0.25) is 9.59 Å². The number of hydrogen-bond acceptors (Lipinski definition) is 2. The van der Waals surface area contributed by atoms with Gasteiger partial charge in [0.15, 0.2) is 0 Å². The molecule has 1 atom stereocenters. The molecule has 1 aromatic carbocycles. The molecule has 98 valence electrons. The van der Waals surface area contributed by atoms with Gasteiger partial charge in [0.2, 0.25) is 0 Å². The zero-order chi connectivity index (χ0) is 13.9. The Morgan fingerprint density at radius 1 is 1.50 bits per heavy atom. The molecule has 1 N–H and O–H groups in total. The lowest BCUT2D eigenvalue weighted by molar-refractivity contribution is -0.141. The van der Waals surface area contributed by atoms with Gasteiger partial charge in [-0.1, -0.05) is 24.6 Å². The number of carbonyl (C=O) groups is 2. The number of carboxylic acids is 1. The van der Waals surface area contributed by atoms with Gasteiger partial charge in [-0.25, -0.2) is 4.39 Å². The predicted octanol–water partition coefficient (Wildman–Crippen LogP) is 2.27. The van der Waals surface area contributed by atoms with Crippen LogP contribution in [0, 0.1) is 11.7 Å². The maximum absolute atomic E-state index is 13.2. The first-order valence-corrected chi connectivity index (χ1v) is 5.64. The van der Waals surface area contributed by atoms with E-state index >= 15 is 0 Å². The van der Waals surface area contributed by atoms with Crippen LogP contribution in [0.3, 0.4) is 0 Å². The fourth-order valence-corrected chi connectivity index (χ4v) is 1.65. The van der Waals surface area contributed by atoms with Crippen LogP contribution in [-0.4, -0.2) is 35.5 Å². The second kappa shape index (κ2) is 5.82. The molecule has 1 aromatic rings. The van der Waals surface area contributed by atoms with Gasteiger partial charge >= 0.3 is 5.97 Å². The maximum Gasteiger partial charge on any atom is 0.308 e. The Morgan fingerprint density at radius 2 is 2.11 bits per heavy atom. The standard InChI is InChI=1S/C12H13ClFNO3/c1-7(12(17)18)6-15(2)11(16)8-4-3-5-9(14)10(8)13/h3-5,7H,6H2,1-2H3,(H,17,18). The van der Waals surface area contributed by atoms with Crippen LogP contribution in [0.1, 0.15) is 17.3 Å². The van der Waals surface area contributed by atoms with E-state index in [1.807, 2.05) is 0 Å². The van der Waals surface area contributed by atoms with Crippen molar-refractivity contribution in [2.45, 2.75) is 6.92 Å². The number of halogens is 2. The minimum absolute atomic E-state index is 0.0248. The summed E-state index contributed by atoms with van der Waals surface area (Å²) in [5, 5.41) is 8.51. The van der Waals surface area contributed by atoms with E-state index in [1.54, 1.807) is 0 Å². The van der Waals surface area contributed by atoms with Crippen LogP contribution in [0.25, 0.3) is 0 Å². The van der Waals surface area contributed by atoms with Crippen molar-refractivity contribution in [2.24, 2.45) is 5.92 Å². The maximum atomic E-state index is 13.2. The van der Waals surface area contributed by atoms with E-state index < -0.39 is 23.6 Å². The molecule has 6 heteroatoms. The van der Waals surface area contributed by atoms with Crippen LogP contribution in [0.4, 0.5) is 4.39 Å². The van der Waals surface area contributed by atoms with Gasteiger partial charge in [0.05, 0.1) is 16.5 Å². The van der Waals surface area contributed by atoms with Crippen molar-refractivity contribution in [3.05, 3.63) is 34.6 Å². The fraction of sp³-hybridized carbons (Fsp3) is 0.333. The van der Waals surface area contributed by atoms with E-state index in [9.17, 15) is 14.0 Å². The molecule has 0 radical (unpaired) electrons. The van der Waals surface area contributed by atoms with Gasteiger partial charge in [-0.15, -0.1) is 0 Å². The van der Waals surface area contributed by atoms with E-state index in [0.717, 1.165) is 6.07 Å². The molecule has 0 bridgehead atoms.